The largest absolute Gasteiger partial charge is 0.455 e. The molecule has 2 N–H and O–H groups in total. The second-order valence-electron chi connectivity index (χ2n) is 9.81. The summed E-state index contributed by atoms with van der Waals surface area (Å²) in [7, 11) is 0. The van der Waals surface area contributed by atoms with Gasteiger partial charge in [-0.3, -0.25) is 14.4 Å². The highest BCUT2D eigenvalue weighted by Crippen LogP contribution is 2.64. The molecule has 4 atom stereocenters. The monoisotopic (exact) mass is 474 g/mol. The Kier molecular flexibility index (Phi) is 4.92. The zero-order valence-electron chi connectivity index (χ0n) is 16.9. The predicted octanol–water partition coefficient (Wildman–Crippen LogP) is 3.79. The van der Waals surface area contributed by atoms with Crippen LogP contribution in [-0.4, -0.2) is 34.8 Å². The number of anilines is 1. The maximum Gasteiger partial charge on any atom is 0.312 e. The molecule has 0 aromatic heterocycles. The minimum Gasteiger partial charge on any atom is -0.455 e. The number of nitrogens with one attached hydrogen (secondary N) is 2. The van der Waals surface area contributed by atoms with E-state index in [0.29, 0.717) is 23.1 Å². The summed E-state index contributed by atoms with van der Waals surface area (Å²) < 4.78 is 5.57. The smallest absolute Gasteiger partial charge is 0.312 e. The van der Waals surface area contributed by atoms with E-state index >= 15 is 0 Å². The van der Waals surface area contributed by atoms with E-state index in [9.17, 15) is 14.4 Å². The van der Waals surface area contributed by atoms with Gasteiger partial charge >= 0.3 is 5.97 Å². The molecule has 6 nitrogen and oxygen atoms in total. The molecule has 30 heavy (non-hydrogen) atoms. The van der Waals surface area contributed by atoms with Crippen molar-refractivity contribution in [3.8, 4) is 0 Å². The number of carbonyl (C=O) groups excluding carboxylic acids is 3. The Balaban J connectivity index is 1.20. The normalized spacial score (nSPS) is 33.8. The lowest BCUT2D eigenvalue weighted by atomic mass is 9.49. The molecule has 5 saturated carbocycles. The standard InChI is InChI=1S/C23H27BrN2O4/c24-23-10-14-7-15(11-23)9-22(8-14,13-23)21(29)30-12-19(27)26-18-4-2-1-3-17(18)20(28)25-16-5-6-16/h1-4,14-16H,5-13H2,(H,25,28)(H,26,27)/t14-,15+,22?,23?. The highest BCUT2D eigenvalue weighted by molar-refractivity contribution is 9.10. The van der Waals surface area contributed by atoms with Gasteiger partial charge in [-0.1, -0.05) is 28.1 Å². The van der Waals surface area contributed by atoms with Crippen molar-refractivity contribution in [3.63, 3.8) is 0 Å². The number of para-hydroxylation sites is 1. The predicted molar refractivity (Wildman–Crippen MR) is 115 cm³/mol. The summed E-state index contributed by atoms with van der Waals surface area (Å²) in [6, 6.07) is 7.14. The molecule has 2 amide bonds. The first kappa shape index (κ1) is 20.0. The molecule has 4 bridgehead atoms. The molecular weight excluding hydrogens is 448 g/mol. The van der Waals surface area contributed by atoms with Crippen molar-refractivity contribution >= 4 is 39.4 Å². The van der Waals surface area contributed by atoms with Gasteiger partial charge < -0.3 is 15.4 Å². The molecule has 0 radical (unpaired) electrons. The van der Waals surface area contributed by atoms with Crippen LogP contribution in [-0.2, 0) is 14.3 Å². The maximum atomic E-state index is 13.0. The third-order valence-corrected chi connectivity index (χ3v) is 8.04. The van der Waals surface area contributed by atoms with Crippen molar-refractivity contribution in [2.45, 2.75) is 61.7 Å². The Hall–Kier alpha value is -1.89. The minimum absolute atomic E-state index is 0.0617. The summed E-state index contributed by atoms with van der Waals surface area (Å²) in [5.41, 5.74) is 0.410. The van der Waals surface area contributed by atoms with Gasteiger partial charge in [0.1, 0.15) is 0 Å². The summed E-state index contributed by atoms with van der Waals surface area (Å²) in [4.78, 5) is 37.9. The SMILES string of the molecule is O=C(COC(=O)C12C[C@@H]3C[C@@H](CC(Br)(C3)C1)C2)Nc1ccccc1C(=O)NC1CC1. The number of carbonyl (C=O) groups is 3. The third-order valence-electron chi connectivity index (χ3n) is 7.12. The lowest BCUT2D eigenvalue weighted by Gasteiger charge is -2.58. The Bertz CT molecular complexity index is 883. The summed E-state index contributed by atoms with van der Waals surface area (Å²) in [5, 5.41) is 5.67. The number of amides is 2. The number of ether oxygens (including phenoxy) is 1. The van der Waals surface area contributed by atoms with Crippen LogP contribution in [0, 0.1) is 17.3 Å². The average Bonchev–Trinajstić information content (AvgIpc) is 3.48. The van der Waals surface area contributed by atoms with Gasteiger partial charge in [0, 0.05) is 10.4 Å². The molecular formula is C23H27BrN2O4. The number of hydrogen-bond donors (Lipinski definition) is 2. The summed E-state index contributed by atoms with van der Waals surface area (Å²) in [6.07, 6.45) is 8.03. The first-order valence-electron chi connectivity index (χ1n) is 10.9. The molecule has 0 spiro atoms. The molecule has 5 aliphatic carbocycles. The number of alkyl halides is 1. The van der Waals surface area contributed by atoms with Crippen LogP contribution in [0.4, 0.5) is 5.69 Å². The van der Waals surface area contributed by atoms with Crippen molar-refractivity contribution in [2.75, 3.05) is 11.9 Å². The van der Waals surface area contributed by atoms with Crippen LogP contribution in [0.3, 0.4) is 0 Å². The van der Waals surface area contributed by atoms with Gasteiger partial charge in [-0.2, -0.15) is 0 Å². The molecule has 1 aromatic rings. The third kappa shape index (κ3) is 3.88. The lowest BCUT2D eigenvalue weighted by molar-refractivity contribution is -0.170. The molecule has 0 heterocycles. The summed E-state index contributed by atoms with van der Waals surface area (Å²) in [6.45, 7) is -0.330. The lowest BCUT2D eigenvalue weighted by Crippen LogP contribution is -2.56. The fourth-order valence-corrected chi connectivity index (χ4v) is 7.59. The van der Waals surface area contributed by atoms with Gasteiger partial charge in [-0.15, -0.1) is 0 Å². The Morgan fingerprint density at radius 3 is 2.43 bits per heavy atom. The molecule has 5 fully saturated rings. The van der Waals surface area contributed by atoms with E-state index in [2.05, 4.69) is 26.6 Å². The molecule has 2 unspecified atom stereocenters. The van der Waals surface area contributed by atoms with Crippen molar-refractivity contribution < 1.29 is 19.1 Å². The van der Waals surface area contributed by atoms with Crippen molar-refractivity contribution in [2.24, 2.45) is 17.3 Å². The average molecular weight is 475 g/mol. The van der Waals surface area contributed by atoms with Crippen molar-refractivity contribution in [1.82, 2.24) is 5.32 Å². The van der Waals surface area contributed by atoms with Gasteiger partial charge in [-0.05, 0) is 75.3 Å². The zero-order chi connectivity index (χ0) is 20.9. The molecule has 0 aliphatic heterocycles. The Labute approximate surface area is 184 Å². The molecule has 6 rings (SSSR count). The Morgan fingerprint density at radius 1 is 1.07 bits per heavy atom. The van der Waals surface area contributed by atoms with Gasteiger partial charge in [0.25, 0.3) is 11.8 Å². The van der Waals surface area contributed by atoms with Crippen LogP contribution in [0.5, 0.6) is 0 Å². The summed E-state index contributed by atoms with van der Waals surface area (Å²) >= 11 is 3.90. The second kappa shape index (κ2) is 7.36. The number of benzene rings is 1. The van der Waals surface area contributed by atoms with Crippen molar-refractivity contribution in [1.29, 1.82) is 0 Å². The topological polar surface area (TPSA) is 84.5 Å². The second-order valence-corrected chi connectivity index (χ2v) is 11.5. The van der Waals surface area contributed by atoms with Crippen LogP contribution >= 0.6 is 15.9 Å². The van der Waals surface area contributed by atoms with Crippen LogP contribution in [0.2, 0.25) is 0 Å². The van der Waals surface area contributed by atoms with E-state index in [4.69, 9.17) is 4.74 Å². The highest BCUT2D eigenvalue weighted by atomic mass is 79.9. The van der Waals surface area contributed by atoms with E-state index in [1.165, 1.54) is 6.42 Å². The first-order valence-corrected chi connectivity index (χ1v) is 11.7. The van der Waals surface area contributed by atoms with Crippen molar-refractivity contribution in [3.05, 3.63) is 29.8 Å². The van der Waals surface area contributed by atoms with Crippen LogP contribution in [0.25, 0.3) is 0 Å². The van der Waals surface area contributed by atoms with Crippen LogP contribution < -0.4 is 10.6 Å². The van der Waals surface area contributed by atoms with Crippen LogP contribution in [0.1, 0.15) is 61.7 Å². The first-order chi connectivity index (χ1) is 14.3. The van der Waals surface area contributed by atoms with E-state index in [1.807, 2.05) is 0 Å². The molecule has 5 aliphatic rings. The van der Waals surface area contributed by atoms with E-state index in [1.54, 1.807) is 24.3 Å². The quantitative estimate of drug-likeness (QED) is 0.485. The molecule has 160 valence electrons. The zero-order valence-corrected chi connectivity index (χ0v) is 18.5. The van der Waals surface area contributed by atoms with Gasteiger partial charge in [-0.25, -0.2) is 0 Å². The number of halogens is 1. The minimum atomic E-state index is -0.448. The molecule has 0 saturated heterocycles. The van der Waals surface area contributed by atoms with Gasteiger partial charge in [0.05, 0.1) is 16.7 Å². The fraction of sp³-hybridized carbons (Fsp3) is 0.609. The maximum absolute atomic E-state index is 13.0. The van der Waals surface area contributed by atoms with Gasteiger partial charge in [0.2, 0.25) is 0 Å². The highest BCUT2D eigenvalue weighted by Gasteiger charge is 2.60. The van der Waals surface area contributed by atoms with E-state index < -0.39 is 11.3 Å². The fourth-order valence-electron chi connectivity index (χ4n) is 6.14. The van der Waals surface area contributed by atoms with E-state index in [0.717, 1.165) is 44.9 Å². The number of hydrogen-bond acceptors (Lipinski definition) is 4. The molecule has 7 heteroatoms. The van der Waals surface area contributed by atoms with Gasteiger partial charge in [0.15, 0.2) is 6.61 Å². The van der Waals surface area contributed by atoms with E-state index in [-0.39, 0.29) is 28.8 Å². The molecule has 1 aromatic carbocycles. The Morgan fingerprint density at radius 2 is 1.77 bits per heavy atom. The van der Waals surface area contributed by atoms with Crippen LogP contribution in [0.15, 0.2) is 24.3 Å². The number of esters is 1. The number of rotatable bonds is 6. The summed E-state index contributed by atoms with van der Waals surface area (Å²) in [5.74, 6) is 0.290.